The highest BCUT2D eigenvalue weighted by Gasteiger charge is 2.34. The topological polar surface area (TPSA) is 62.1 Å². The van der Waals surface area contributed by atoms with Gasteiger partial charge in [-0.25, -0.2) is 0 Å². The number of carbonyl (C=O) groups excluding carboxylic acids is 1. The Bertz CT molecular complexity index is 726. The normalized spacial score (nSPS) is 16.1. The summed E-state index contributed by atoms with van der Waals surface area (Å²) in [5, 5.41) is 11.9. The Morgan fingerprint density at radius 1 is 1.08 bits per heavy atom. The summed E-state index contributed by atoms with van der Waals surface area (Å²) in [5.74, 6) is -0.110. The number of nitrogens with zero attached hydrogens (tertiary/aromatic N) is 1. The zero-order valence-corrected chi connectivity index (χ0v) is 13.5. The number of carbonyl (C=O) groups is 1. The molecule has 0 unspecified atom stereocenters. The van der Waals surface area contributed by atoms with Gasteiger partial charge in [0, 0.05) is 30.7 Å². The number of benzene rings is 2. The van der Waals surface area contributed by atoms with Gasteiger partial charge >= 0.3 is 0 Å². The second kappa shape index (κ2) is 7.29. The SMILES string of the molecule is N#Cc1ccc(C(=O)NCC2(c3ccccc3)CCOCC2)cc1. The van der Waals surface area contributed by atoms with E-state index in [1.807, 2.05) is 18.2 Å². The predicted molar refractivity (Wildman–Crippen MR) is 91.7 cm³/mol. The Kier molecular flexibility index (Phi) is 4.93. The third-order valence-electron chi connectivity index (χ3n) is 4.70. The molecule has 0 radical (unpaired) electrons. The van der Waals surface area contributed by atoms with Crippen molar-refractivity contribution in [3.8, 4) is 6.07 Å². The number of amides is 1. The highest BCUT2D eigenvalue weighted by atomic mass is 16.5. The minimum absolute atomic E-state index is 0.0816. The van der Waals surface area contributed by atoms with Crippen molar-refractivity contribution in [2.75, 3.05) is 19.8 Å². The first-order valence-electron chi connectivity index (χ1n) is 8.15. The molecule has 0 bridgehead atoms. The number of hydrogen-bond acceptors (Lipinski definition) is 3. The van der Waals surface area contributed by atoms with Crippen LogP contribution < -0.4 is 5.32 Å². The number of nitrogens with one attached hydrogen (secondary N) is 1. The molecule has 1 N–H and O–H groups in total. The van der Waals surface area contributed by atoms with Gasteiger partial charge in [-0.05, 0) is 42.7 Å². The molecule has 1 fully saturated rings. The third-order valence-corrected chi connectivity index (χ3v) is 4.70. The maximum Gasteiger partial charge on any atom is 0.251 e. The fourth-order valence-corrected chi connectivity index (χ4v) is 3.17. The smallest absolute Gasteiger partial charge is 0.251 e. The molecule has 4 nitrogen and oxygen atoms in total. The molecule has 0 spiro atoms. The van der Waals surface area contributed by atoms with Crippen LogP contribution in [0.25, 0.3) is 0 Å². The lowest BCUT2D eigenvalue weighted by molar-refractivity contribution is 0.0487. The van der Waals surface area contributed by atoms with E-state index < -0.39 is 0 Å². The summed E-state index contributed by atoms with van der Waals surface area (Å²) in [6, 6.07) is 19.1. The molecule has 1 aliphatic heterocycles. The maximum atomic E-state index is 12.4. The lowest BCUT2D eigenvalue weighted by Gasteiger charge is -2.38. The van der Waals surface area contributed by atoms with Crippen molar-refractivity contribution in [3.63, 3.8) is 0 Å². The standard InChI is InChI=1S/C20H20N2O2/c21-14-16-6-8-17(9-7-16)19(23)22-15-20(10-12-24-13-11-20)18-4-2-1-3-5-18/h1-9H,10-13,15H2,(H,22,23). The monoisotopic (exact) mass is 320 g/mol. The van der Waals surface area contributed by atoms with Crippen molar-refractivity contribution in [2.24, 2.45) is 0 Å². The highest BCUT2D eigenvalue weighted by Crippen LogP contribution is 2.34. The average Bonchev–Trinajstić information content (AvgIpc) is 2.67. The minimum atomic E-state index is -0.110. The molecule has 1 heterocycles. The summed E-state index contributed by atoms with van der Waals surface area (Å²) < 4.78 is 5.52. The van der Waals surface area contributed by atoms with Crippen LogP contribution in [0.5, 0.6) is 0 Å². The first-order valence-corrected chi connectivity index (χ1v) is 8.15. The molecule has 0 aromatic heterocycles. The third kappa shape index (κ3) is 3.47. The molecule has 0 atom stereocenters. The summed E-state index contributed by atoms with van der Waals surface area (Å²) in [6.07, 6.45) is 1.79. The van der Waals surface area contributed by atoms with Crippen LogP contribution in [-0.2, 0) is 10.2 Å². The molecule has 1 saturated heterocycles. The molecule has 122 valence electrons. The molecule has 4 heteroatoms. The largest absolute Gasteiger partial charge is 0.381 e. The molecular formula is C20H20N2O2. The number of nitriles is 1. The Labute approximate surface area is 142 Å². The second-order valence-electron chi connectivity index (χ2n) is 6.13. The summed E-state index contributed by atoms with van der Waals surface area (Å²) in [5.41, 5.74) is 2.29. The van der Waals surface area contributed by atoms with Crippen molar-refractivity contribution in [1.82, 2.24) is 5.32 Å². The van der Waals surface area contributed by atoms with Gasteiger partial charge in [-0.15, -0.1) is 0 Å². The van der Waals surface area contributed by atoms with E-state index in [4.69, 9.17) is 10.00 Å². The van der Waals surface area contributed by atoms with E-state index in [1.54, 1.807) is 24.3 Å². The zero-order valence-electron chi connectivity index (χ0n) is 13.5. The van der Waals surface area contributed by atoms with Gasteiger partial charge in [-0.3, -0.25) is 4.79 Å². The summed E-state index contributed by atoms with van der Waals surface area (Å²) in [7, 11) is 0. The van der Waals surface area contributed by atoms with Gasteiger partial charge in [-0.1, -0.05) is 30.3 Å². The number of ether oxygens (including phenoxy) is 1. The average molecular weight is 320 g/mol. The summed E-state index contributed by atoms with van der Waals surface area (Å²) in [4.78, 5) is 12.4. The Hall–Kier alpha value is -2.64. The van der Waals surface area contributed by atoms with Crippen LogP contribution in [0.4, 0.5) is 0 Å². The van der Waals surface area contributed by atoms with Gasteiger partial charge in [0.05, 0.1) is 11.6 Å². The Morgan fingerprint density at radius 2 is 1.75 bits per heavy atom. The quantitative estimate of drug-likeness (QED) is 0.942. The fourth-order valence-electron chi connectivity index (χ4n) is 3.17. The van der Waals surface area contributed by atoms with Crippen molar-refractivity contribution in [2.45, 2.75) is 18.3 Å². The van der Waals surface area contributed by atoms with Crippen LogP contribution in [0.3, 0.4) is 0 Å². The predicted octanol–water partition coefficient (Wildman–Crippen LogP) is 3.04. The molecule has 0 aliphatic carbocycles. The van der Waals surface area contributed by atoms with Gasteiger partial charge < -0.3 is 10.1 Å². The second-order valence-corrected chi connectivity index (χ2v) is 6.13. The van der Waals surface area contributed by atoms with Crippen LogP contribution >= 0.6 is 0 Å². The van der Waals surface area contributed by atoms with Crippen molar-refractivity contribution in [3.05, 3.63) is 71.3 Å². The van der Waals surface area contributed by atoms with E-state index in [9.17, 15) is 4.79 Å². The van der Waals surface area contributed by atoms with E-state index in [0.29, 0.717) is 30.9 Å². The molecule has 3 rings (SSSR count). The van der Waals surface area contributed by atoms with Crippen LogP contribution in [0, 0.1) is 11.3 Å². The molecule has 2 aromatic carbocycles. The van der Waals surface area contributed by atoms with E-state index in [1.165, 1.54) is 5.56 Å². The minimum Gasteiger partial charge on any atom is -0.381 e. The maximum absolute atomic E-state index is 12.4. The molecule has 1 aliphatic rings. The number of rotatable bonds is 4. The van der Waals surface area contributed by atoms with Crippen LogP contribution in [-0.4, -0.2) is 25.7 Å². The Morgan fingerprint density at radius 3 is 2.38 bits per heavy atom. The zero-order chi connectivity index (χ0) is 16.8. The fraction of sp³-hybridized carbons (Fsp3) is 0.300. The van der Waals surface area contributed by atoms with E-state index in [2.05, 4.69) is 23.5 Å². The summed E-state index contributed by atoms with van der Waals surface area (Å²) >= 11 is 0. The van der Waals surface area contributed by atoms with Crippen molar-refractivity contribution < 1.29 is 9.53 Å². The van der Waals surface area contributed by atoms with Crippen LogP contribution in [0.15, 0.2) is 54.6 Å². The molecule has 24 heavy (non-hydrogen) atoms. The van der Waals surface area contributed by atoms with Crippen molar-refractivity contribution in [1.29, 1.82) is 5.26 Å². The first kappa shape index (κ1) is 16.2. The Balaban J connectivity index is 1.74. The van der Waals surface area contributed by atoms with Gasteiger partial charge in [0.15, 0.2) is 0 Å². The van der Waals surface area contributed by atoms with Gasteiger partial charge in [0.2, 0.25) is 0 Å². The lowest BCUT2D eigenvalue weighted by atomic mass is 9.74. The van der Waals surface area contributed by atoms with E-state index in [-0.39, 0.29) is 11.3 Å². The summed E-state index contributed by atoms with van der Waals surface area (Å²) in [6.45, 7) is 2.00. The van der Waals surface area contributed by atoms with E-state index in [0.717, 1.165) is 12.8 Å². The molecule has 0 saturated carbocycles. The van der Waals surface area contributed by atoms with E-state index >= 15 is 0 Å². The van der Waals surface area contributed by atoms with Gasteiger partial charge in [0.25, 0.3) is 5.91 Å². The first-order chi connectivity index (χ1) is 11.7. The van der Waals surface area contributed by atoms with Gasteiger partial charge in [0.1, 0.15) is 0 Å². The molecular weight excluding hydrogens is 300 g/mol. The molecule has 2 aromatic rings. The lowest BCUT2D eigenvalue weighted by Crippen LogP contribution is -2.44. The molecule has 1 amide bonds. The van der Waals surface area contributed by atoms with Crippen molar-refractivity contribution >= 4 is 5.91 Å². The van der Waals surface area contributed by atoms with Gasteiger partial charge in [-0.2, -0.15) is 5.26 Å². The number of hydrogen-bond donors (Lipinski definition) is 1. The van der Waals surface area contributed by atoms with Crippen LogP contribution in [0.2, 0.25) is 0 Å². The highest BCUT2D eigenvalue weighted by molar-refractivity contribution is 5.94. The van der Waals surface area contributed by atoms with Crippen LogP contribution in [0.1, 0.15) is 34.3 Å².